The fourth-order valence-electron chi connectivity index (χ4n) is 0.180. The van der Waals surface area contributed by atoms with Crippen LogP contribution in [0.2, 0.25) is 0 Å². The maximum atomic E-state index is 9.26. The van der Waals surface area contributed by atoms with Crippen LogP contribution in [0.5, 0.6) is 0 Å². The summed E-state index contributed by atoms with van der Waals surface area (Å²) in [7, 11) is 0. The van der Waals surface area contributed by atoms with E-state index in [0.29, 0.717) is 0 Å². The lowest BCUT2D eigenvalue weighted by Gasteiger charge is -2.40. The van der Waals surface area contributed by atoms with Crippen molar-refractivity contribution in [1.82, 2.24) is 0 Å². The van der Waals surface area contributed by atoms with Gasteiger partial charge in [0.1, 0.15) is 2.14 Å². The average Bonchev–Trinajstić information content (AvgIpc) is 1.58. The molecule has 0 aromatic carbocycles. The Morgan fingerprint density at radius 2 is 1.18 bits per heavy atom. The summed E-state index contributed by atoms with van der Waals surface area (Å²) < 4.78 is -2.68. The van der Waals surface area contributed by atoms with Gasteiger partial charge in [0.25, 0.3) is 0 Å². The molecule has 0 heterocycles. The van der Waals surface area contributed by atoms with Crippen molar-refractivity contribution >= 4 is 63.7 Å². The Kier molecular flexibility index (Phi) is 4.13. The van der Waals surface area contributed by atoms with Crippen LogP contribution < -0.4 is 0 Å². The SMILES string of the molecule is CC(C)(C(O)(O)Br)C(Br)(Br)Br. The Bertz CT molecular complexity index is 128. The number of aliphatic hydroxyl groups is 2. The van der Waals surface area contributed by atoms with Crippen molar-refractivity contribution < 1.29 is 10.2 Å². The van der Waals surface area contributed by atoms with Crippen molar-refractivity contribution in [3.05, 3.63) is 0 Å². The second kappa shape index (κ2) is 3.53. The molecule has 0 bridgehead atoms. The molecule has 0 atom stereocenters. The van der Waals surface area contributed by atoms with Crippen LogP contribution in [0.25, 0.3) is 0 Å². The zero-order valence-electron chi connectivity index (χ0n) is 5.91. The summed E-state index contributed by atoms with van der Waals surface area (Å²) in [5.41, 5.74) is -0.847. The molecule has 0 rings (SSSR count). The van der Waals surface area contributed by atoms with E-state index in [4.69, 9.17) is 0 Å². The maximum Gasteiger partial charge on any atom is 0.229 e. The number of hydrogen-bond acceptors (Lipinski definition) is 2. The van der Waals surface area contributed by atoms with Crippen LogP contribution in [0.4, 0.5) is 0 Å². The minimum absolute atomic E-state index is 0.729. The molecule has 0 saturated heterocycles. The highest BCUT2D eigenvalue weighted by atomic mass is 80.0. The van der Waals surface area contributed by atoms with E-state index in [1.54, 1.807) is 13.8 Å². The molecule has 0 spiro atoms. The Morgan fingerprint density at radius 3 is 1.18 bits per heavy atom. The van der Waals surface area contributed by atoms with Gasteiger partial charge in [0.15, 0.2) is 0 Å². The van der Waals surface area contributed by atoms with Crippen molar-refractivity contribution in [2.45, 2.75) is 20.7 Å². The highest BCUT2D eigenvalue weighted by Crippen LogP contribution is 2.55. The highest BCUT2D eigenvalue weighted by molar-refractivity contribution is 9.39. The maximum absolute atomic E-state index is 9.26. The molecule has 2 N–H and O–H groups in total. The Morgan fingerprint density at radius 1 is 0.909 bits per heavy atom. The average molecular weight is 420 g/mol. The van der Waals surface area contributed by atoms with Gasteiger partial charge in [0.05, 0.1) is 5.41 Å². The molecule has 0 fully saturated rings. The molecule has 0 aliphatic rings. The van der Waals surface area contributed by atoms with Crippen LogP contribution in [-0.4, -0.2) is 17.1 Å². The predicted molar refractivity (Wildman–Crippen MR) is 59.4 cm³/mol. The van der Waals surface area contributed by atoms with Gasteiger partial charge in [0, 0.05) is 0 Å². The van der Waals surface area contributed by atoms with E-state index in [1.807, 2.05) is 0 Å². The fourth-order valence-corrected chi connectivity index (χ4v) is 2.11. The Labute approximate surface area is 99.3 Å². The second-order valence-electron chi connectivity index (χ2n) is 2.71. The fraction of sp³-hybridized carbons (Fsp3) is 1.00. The molecule has 0 aromatic rings. The third-order valence-electron chi connectivity index (χ3n) is 1.50. The van der Waals surface area contributed by atoms with Gasteiger partial charge in [-0.1, -0.05) is 61.6 Å². The van der Waals surface area contributed by atoms with Crippen molar-refractivity contribution in [1.29, 1.82) is 0 Å². The minimum atomic E-state index is -1.95. The molecule has 6 heteroatoms. The Hall–Kier alpha value is 1.84. The van der Waals surface area contributed by atoms with E-state index in [2.05, 4.69) is 63.7 Å². The molecule has 2 nitrogen and oxygen atoms in total. The largest absolute Gasteiger partial charge is 0.356 e. The number of alkyl halides is 4. The van der Waals surface area contributed by atoms with Crippen LogP contribution >= 0.6 is 63.7 Å². The van der Waals surface area contributed by atoms with Crippen molar-refractivity contribution in [3.63, 3.8) is 0 Å². The second-order valence-corrected chi connectivity index (χ2v) is 10.6. The lowest BCUT2D eigenvalue weighted by Crippen LogP contribution is -2.46. The first kappa shape index (κ1) is 12.8. The van der Waals surface area contributed by atoms with E-state index >= 15 is 0 Å². The first-order valence-corrected chi connectivity index (χ1v) is 5.88. The summed E-state index contributed by atoms with van der Waals surface area (Å²) in [5, 5.41) is 18.5. The van der Waals surface area contributed by atoms with Crippen LogP contribution in [0.3, 0.4) is 0 Å². The summed E-state index contributed by atoms with van der Waals surface area (Å²) in [6.07, 6.45) is 0. The molecule has 0 unspecified atom stereocenters. The zero-order valence-corrected chi connectivity index (χ0v) is 12.3. The van der Waals surface area contributed by atoms with E-state index < -0.39 is 12.3 Å². The first-order valence-electron chi connectivity index (χ1n) is 2.70. The summed E-state index contributed by atoms with van der Waals surface area (Å²) >= 11 is 12.4. The molecule has 0 aliphatic carbocycles. The first-order chi connectivity index (χ1) is 4.50. The number of halogens is 4. The van der Waals surface area contributed by atoms with Crippen molar-refractivity contribution in [2.75, 3.05) is 0 Å². The van der Waals surface area contributed by atoms with Gasteiger partial charge >= 0.3 is 0 Å². The number of hydrogen-bond donors (Lipinski definition) is 2. The van der Waals surface area contributed by atoms with Crippen LogP contribution in [0.1, 0.15) is 13.8 Å². The van der Waals surface area contributed by atoms with Gasteiger partial charge in [-0.15, -0.1) is 0 Å². The monoisotopic (exact) mass is 416 g/mol. The highest BCUT2D eigenvalue weighted by Gasteiger charge is 2.52. The smallest absolute Gasteiger partial charge is 0.229 e. The minimum Gasteiger partial charge on any atom is -0.356 e. The molecule has 0 saturated carbocycles. The third-order valence-corrected chi connectivity index (χ3v) is 5.47. The van der Waals surface area contributed by atoms with E-state index in [0.717, 1.165) is 0 Å². The molecular weight excluding hydrogens is 412 g/mol. The van der Waals surface area contributed by atoms with Gasteiger partial charge in [-0.3, -0.25) is 0 Å². The van der Waals surface area contributed by atoms with E-state index in [1.165, 1.54) is 0 Å². The molecule has 68 valence electrons. The van der Waals surface area contributed by atoms with Crippen molar-refractivity contribution in [2.24, 2.45) is 5.41 Å². The van der Waals surface area contributed by atoms with Crippen LogP contribution in [-0.2, 0) is 0 Å². The van der Waals surface area contributed by atoms with E-state index in [9.17, 15) is 10.2 Å². The standard InChI is InChI=1S/C5H8Br4O2/c1-3(2,4(6,7)8)5(9,10)11/h10-11H,1-2H3. The van der Waals surface area contributed by atoms with Crippen LogP contribution in [0, 0.1) is 5.41 Å². The van der Waals surface area contributed by atoms with Gasteiger partial charge in [-0.05, 0) is 15.9 Å². The molecule has 0 radical (unpaired) electrons. The van der Waals surface area contributed by atoms with E-state index in [-0.39, 0.29) is 0 Å². The van der Waals surface area contributed by atoms with Gasteiger partial charge < -0.3 is 10.2 Å². The molecule has 0 aromatic heterocycles. The zero-order chi connectivity index (χ0) is 9.50. The van der Waals surface area contributed by atoms with Crippen molar-refractivity contribution in [3.8, 4) is 0 Å². The summed E-state index contributed by atoms with van der Waals surface area (Å²) in [4.78, 5) is 0. The van der Waals surface area contributed by atoms with Crippen LogP contribution in [0.15, 0.2) is 0 Å². The third kappa shape index (κ3) is 2.91. The van der Waals surface area contributed by atoms with Gasteiger partial charge in [-0.25, -0.2) is 0 Å². The molecule has 0 aliphatic heterocycles. The number of rotatable bonds is 1. The predicted octanol–water partition coefficient (Wildman–Crippen LogP) is 2.88. The Balaban J connectivity index is 4.75. The summed E-state index contributed by atoms with van der Waals surface area (Å²) in [5.74, 6) is 0. The molecule has 0 amide bonds. The quantitative estimate of drug-likeness (QED) is 0.507. The van der Waals surface area contributed by atoms with Gasteiger partial charge in [0.2, 0.25) is 4.70 Å². The lowest BCUT2D eigenvalue weighted by molar-refractivity contribution is -0.143. The molecular formula is C5H8Br4O2. The molecule has 11 heavy (non-hydrogen) atoms. The lowest BCUT2D eigenvalue weighted by atomic mass is 9.96. The summed E-state index contributed by atoms with van der Waals surface area (Å²) in [6, 6.07) is 0. The summed E-state index contributed by atoms with van der Waals surface area (Å²) in [6.45, 7) is 3.33. The topological polar surface area (TPSA) is 40.5 Å². The van der Waals surface area contributed by atoms with Gasteiger partial charge in [-0.2, -0.15) is 0 Å². The normalized spacial score (nSPS) is 15.3.